The number of hydrogen-bond acceptors (Lipinski definition) is 7. The maximum absolute atomic E-state index is 12.2. The number of carbonyl (C=O) groups is 2. The predicted octanol–water partition coefficient (Wildman–Crippen LogP) is 3.93. The van der Waals surface area contributed by atoms with Crippen LogP contribution in [0.1, 0.15) is 81.1 Å². The van der Waals surface area contributed by atoms with E-state index in [9.17, 15) is 9.59 Å². The lowest BCUT2D eigenvalue weighted by molar-refractivity contribution is -0.140. The zero-order valence-corrected chi connectivity index (χ0v) is 23.9. The third-order valence-corrected chi connectivity index (χ3v) is 5.32. The molecule has 0 saturated carbocycles. The molecule has 212 valence electrons. The number of carboxylic acids is 1. The summed E-state index contributed by atoms with van der Waals surface area (Å²) in [4.78, 5) is 41.0. The average molecular weight is 525 g/mol. The molecule has 3 fully saturated rings. The summed E-state index contributed by atoms with van der Waals surface area (Å²) in [5.41, 5.74) is 0.00907. The Labute approximate surface area is 221 Å². The second kappa shape index (κ2) is 15.1. The smallest absolute Gasteiger partial charge is 0.300 e. The lowest BCUT2D eigenvalue weighted by atomic mass is 9.93. The van der Waals surface area contributed by atoms with Crippen LogP contribution < -0.4 is 10.9 Å². The van der Waals surface area contributed by atoms with Gasteiger partial charge in [0.2, 0.25) is 11.9 Å². The van der Waals surface area contributed by atoms with Crippen molar-refractivity contribution in [3.05, 3.63) is 22.6 Å². The van der Waals surface area contributed by atoms with Crippen LogP contribution in [0.2, 0.25) is 0 Å². The third-order valence-electron chi connectivity index (χ3n) is 5.32. The SMILES string of the molecule is C1C[C@H]2OCC[C@H]2O1.CC(=O)O.CC(C)(C)C.CC(C)(C)C(=O)N1CCC(Nc2nccc(=O)[nH]2)CC1. The molecule has 1 amide bonds. The largest absolute Gasteiger partial charge is 0.481 e. The van der Waals surface area contributed by atoms with Gasteiger partial charge in [0.05, 0.1) is 12.2 Å². The maximum atomic E-state index is 12.2. The number of likely N-dealkylation sites (tertiary alicyclic amines) is 1. The topological polar surface area (TPSA) is 134 Å². The summed E-state index contributed by atoms with van der Waals surface area (Å²) in [5.74, 6) is -0.139. The molecule has 4 rings (SSSR count). The van der Waals surface area contributed by atoms with Crippen molar-refractivity contribution in [1.82, 2.24) is 14.9 Å². The number of anilines is 1. The number of nitrogens with zero attached hydrogens (tertiary/aromatic N) is 2. The summed E-state index contributed by atoms with van der Waals surface area (Å²) in [6, 6.07) is 1.63. The molecular weight excluding hydrogens is 476 g/mol. The van der Waals surface area contributed by atoms with Gasteiger partial charge in [-0.05, 0) is 31.1 Å². The van der Waals surface area contributed by atoms with Crippen molar-refractivity contribution in [1.29, 1.82) is 0 Å². The van der Waals surface area contributed by atoms with Gasteiger partial charge in [-0.3, -0.25) is 19.4 Å². The highest BCUT2D eigenvalue weighted by Crippen LogP contribution is 2.25. The molecule has 4 heterocycles. The minimum Gasteiger partial charge on any atom is -0.481 e. The molecule has 3 N–H and O–H groups in total. The van der Waals surface area contributed by atoms with Crippen molar-refractivity contribution in [3.63, 3.8) is 0 Å². The molecule has 0 radical (unpaired) electrons. The summed E-state index contributed by atoms with van der Waals surface area (Å²) in [7, 11) is 0. The Morgan fingerprint density at radius 3 is 1.86 bits per heavy atom. The Bertz CT molecular complexity index is 852. The van der Waals surface area contributed by atoms with Crippen LogP contribution in [-0.2, 0) is 19.1 Å². The second-order valence-electron chi connectivity index (χ2n) is 12.2. The number of ether oxygens (including phenoxy) is 2. The van der Waals surface area contributed by atoms with Crippen molar-refractivity contribution in [2.45, 2.75) is 99.3 Å². The Hall–Kier alpha value is -2.46. The van der Waals surface area contributed by atoms with Gasteiger partial charge in [-0.15, -0.1) is 0 Å². The van der Waals surface area contributed by atoms with Crippen molar-refractivity contribution in [2.75, 3.05) is 31.6 Å². The maximum Gasteiger partial charge on any atom is 0.300 e. The first kappa shape index (κ1) is 32.6. The molecule has 0 spiro atoms. The number of aromatic amines is 1. The van der Waals surface area contributed by atoms with E-state index in [1.807, 2.05) is 25.7 Å². The zero-order valence-electron chi connectivity index (χ0n) is 23.9. The number of carboxylic acid groups (broad SMARTS) is 1. The molecular formula is C27H48N4O6. The van der Waals surface area contributed by atoms with Gasteiger partial charge in [-0.25, -0.2) is 4.98 Å². The van der Waals surface area contributed by atoms with E-state index in [2.05, 4.69) is 43.0 Å². The summed E-state index contributed by atoms with van der Waals surface area (Å²) < 4.78 is 10.7. The fourth-order valence-electron chi connectivity index (χ4n) is 3.76. The molecule has 1 aromatic rings. The Balaban J connectivity index is 0.000000326. The zero-order chi connectivity index (χ0) is 28.2. The number of aliphatic carboxylic acids is 1. The number of fused-ring (bicyclic) bond motifs is 1. The van der Waals surface area contributed by atoms with E-state index in [4.69, 9.17) is 19.4 Å². The van der Waals surface area contributed by atoms with Gasteiger partial charge in [-0.2, -0.15) is 0 Å². The van der Waals surface area contributed by atoms with Crippen molar-refractivity contribution >= 4 is 17.8 Å². The molecule has 10 nitrogen and oxygen atoms in total. The average Bonchev–Trinajstić information content (AvgIpc) is 3.37. The third kappa shape index (κ3) is 14.8. The summed E-state index contributed by atoms with van der Waals surface area (Å²) >= 11 is 0. The minimum atomic E-state index is -0.833. The normalized spacial score (nSPS) is 21.2. The number of aromatic nitrogens is 2. The van der Waals surface area contributed by atoms with Crippen LogP contribution in [-0.4, -0.2) is 76.4 Å². The van der Waals surface area contributed by atoms with Crippen molar-refractivity contribution in [3.8, 4) is 0 Å². The van der Waals surface area contributed by atoms with Crippen LogP contribution >= 0.6 is 0 Å². The Morgan fingerprint density at radius 2 is 1.46 bits per heavy atom. The van der Waals surface area contributed by atoms with Gasteiger partial charge in [0.15, 0.2) is 0 Å². The Morgan fingerprint density at radius 1 is 1.00 bits per heavy atom. The first-order valence-corrected chi connectivity index (χ1v) is 13.1. The number of amides is 1. The van der Waals surface area contributed by atoms with Crippen LogP contribution in [0.15, 0.2) is 17.1 Å². The van der Waals surface area contributed by atoms with Crippen molar-refractivity contribution in [2.24, 2.45) is 10.8 Å². The number of nitrogens with one attached hydrogen (secondary N) is 2. The molecule has 3 saturated heterocycles. The number of piperidine rings is 1. The number of carbonyl (C=O) groups excluding carboxylic acids is 1. The summed E-state index contributed by atoms with van der Waals surface area (Å²) in [5, 5.41) is 10.6. The molecule has 3 aliphatic rings. The standard InChI is InChI=1S/C14H22N4O2.C6H10O2.C5H12.C2H4O2/c1-14(2,3)12(20)18-8-5-10(6-9-18)16-13-15-7-4-11(19)17-13;1-3-7-6-2-4-8-5(1)6;1-5(2,3)4;1-2(3)4/h4,7,10H,5-6,8-9H2,1-3H3,(H2,15,16,17,19);5-6H,1-4H2;1-4H3;1H3,(H,3,4)/t;5-,6-;;/m.1../s1. The van der Waals surface area contributed by atoms with Gasteiger partial charge >= 0.3 is 0 Å². The van der Waals surface area contributed by atoms with Gasteiger partial charge in [-0.1, -0.05) is 48.5 Å². The highest BCUT2D eigenvalue weighted by Gasteiger charge is 2.33. The van der Waals surface area contributed by atoms with E-state index in [1.165, 1.54) is 12.3 Å². The summed E-state index contributed by atoms with van der Waals surface area (Å²) in [6.07, 6.45) is 6.35. The van der Waals surface area contributed by atoms with Crippen LogP contribution in [0.3, 0.4) is 0 Å². The molecule has 2 atom stereocenters. The Kier molecular flexibility index (Phi) is 13.3. The molecule has 37 heavy (non-hydrogen) atoms. The number of rotatable bonds is 2. The first-order chi connectivity index (χ1) is 17.1. The molecule has 0 bridgehead atoms. The van der Waals surface area contributed by atoms with E-state index in [0.29, 0.717) is 23.6 Å². The summed E-state index contributed by atoms with van der Waals surface area (Å²) in [6.45, 7) is 19.0. The van der Waals surface area contributed by atoms with Gasteiger partial charge in [0.1, 0.15) is 0 Å². The second-order valence-corrected chi connectivity index (χ2v) is 12.2. The first-order valence-electron chi connectivity index (χ1n) is 13.1. The fraction of sp³-hybridized carbons (Fsp3) is 0.778. The highest BCUT2D eigenvalue weighted by molar-refractivity contribution is 5.81. The molecule has 0 aromatic carbocycles. The van der Waals surface area contributed by atoms with E-state index >= 15 is 0 Å². The minimum absolute atomic E-state index is 0.164. The number of hydrogen-bond donors (Lipinski definition) is 3. The van der Waals surface area contributed by atoms with Crippen molar-refractivity contribution < 1.29 is 24.2 Å². The van der Waals surface area contributed by atoms with Gasteiger partial charge in [0, 0.05) is 56.9 Å². The molecule has 0 unspecified atom stereocenters. The van der Waals surface area contributed by atoms with E-state index in [0.717, 1.165) is 58.9 Å². The fourth-order valence-corrected chi connectivity index (χ4v) is 3.76. The lowest BCUT2D eigenvalue weighted by Crippen LogP contribution is -2.46. The van der Waals surface area contributed by atoms with Gasteiger partial charge in [0.25, 0.3) is 11.5 Å². The quantitative estimate of drug-likeness (QED) is 0.530. The number of H-pyrrole nitrogens is 1. The monoisotopic (exact) mass is 524 g/mol. The molecule has 0 aliphatic carbocycles. The molecule has 1 aromatic heterocycles. The molecule has 10 heteroatoms. The van der Waals surface area contributed by atoms with E-state index in [1.54, 1.807) is 0 Å². The van der Waals surface area contributed by atoms with E-state index in [-0.39, 0.29) is 22.9 Å². The van der Waals surface area contributed by atoms with Gasteiger partial charge < -0.3 is 24.8 Å². The van der Waals surface area contributed by atoms with E-state index < -0.39 is 5.97 Å². The predicted molar refractivity (Wildman–Crippen MR) is 145 cm³/mol. The van der Waals surface area contributed by atoms with Crippen LogP contribution in [0, 0.1) is 10.8 Å². The lowest BCUT2D eigenvalue weighted by Gasteiger charge is -2.36. The highest BCUT2D eigenvalue weighted by atomic mass is 16.6. The molecule has 3 aliphatic heterocycles. The van der Waals surface area contributed by atoms with Crippen LogP contribution in [0.5, 0.6) is 0 Å². The van der Waals surface area contributed by atoms with Crippen LogP contribution in [0.25, 0.3) is 0 Å². The van der Waals surface area contributed by atoms with Crippen LogP contribution in [0.4, 0.5) is 5.95 Å².